The van der Waals surface area contributed by atoms with Gasteiger partial charge in [-0.05, 0) is 56.5 Å². The first-order chi connectivity index (χ1) is 34.3. The minimum Gasteiger partial charge on any atom is -0.493 e. The summed E-state index contributed by atoms with van der Waals surface area (Å²) in [4.78, 5) is 9.67. The Hall–Kier alpha value is -8.08. The Bertz CT molecular complexity index is 3730. The molecule has 1 aliphatic rings. The molecule has 12 aromatic rings. The van der Waals surface area contributed by atoms with Gasteiger partial charge in [-0.3, -0.25) is 0 Å². The number of nitrogens with zero attached hydrogens (tertiary/aromatic N) is 4. The maximum absolute atomic E-state index is 4.89. The van der Waals surface area contributed by atoms with Crippen LogP contribution >= 0.6 is 0 Å². The van der Waals surface area contributed by atoms with Gasteiger partial charge in [-0.15, -0.1) is 17.7 Å². The first-order valence-corrected chi connectivity index (χ1v) is 25.5. The monoisotopic (exact) mass is 1090 g/mol. The van der Waals surface area contributed by atoms with E-state index in [1.165, 1.54) is 26.5 Å². The molecule has 0 N–H and O–H groups in total. The van der Waals surface area contributed by atoms with Crippen LogP contribution < -0.4 is 30.5 Å². The fourth-order valence-electron chi connectivity index (χ4n) is 10.8. The number of rotatable bonds is 9. The average molecular weight is 1090 g/mol. The zero-order valence-corrected chi connectivity index (χ0v) is 41.2. The first kappa shape index (κ1) is 43.2. The van der Waals surface area contributed by atoms with Crippen LogP contribution in [0.3, 0.4) is 0 Å². The van der Waals surface area contributed by atoms with Crippen LogP contribution in [-0.4, -0.2) is 17.6 Å². The fourth-order valence-corrected chi connectivity index (χ4v) is 15.3. The standard InChI is InChI=1S/C64H43N4Si.Pt/c1-5-21-46(22-6-1)54-34-20-35-55(47-23-7-2-8-24-47)63(54)67-45-66(60-41-38-48-25-13-14-32-56(48)64(60)67)49-26-19-31-52(43-49)69(50-27-9-3-10-28-50,51-29-11-4-12-30-51)53-39-40-58-57-33-15-16-36-59(57)68(61(58)44-53)62-37-17-18-42-65-62;/h1-42,45H;/q-3;. The molecule has 3 heterocycles. The molecule has 0 unspecified atom stereocenters. The summed E-state index contributed by atoms with van der Waals surface area (Å²) in [5.41, 5.74) is 11.0. The largest absolute Gasteiger partial charge is 0.493 e. The molecular formula is C64H43N4PtSi-3. The maximum atomic E-state index is 4.89. The van der Waals surface area contributed by atoms with Crippen molar-refractivity contribution in [3.05, 3.63) is 274 Å². The molecule has 70 heavy (non-hydrogen) atoms. The summed E-state index contributed by atoms with van der Waals surface area (Å²) in [6.45, 7) is 2.29. The van der Waals surface area contributed by atoms with Crippen LogP contribution in [0.15, 0.2) is 255 Å². The van der Waals surface area contributed by atoms with E-state index in [9.17, 15) is 0 Å². The minimum atomic E-state index is -3.19. The third kappa shape index (κ3) is 7.04. The minimum absolute atomic E-state index is 0. The van der Waals surface area contributed by atoms with E-state index in [-0.39, 0.29) is 21.1 Å². The van der Waals surface area contributed by atoms with Crippen molar-refractivity contribution in [2.45, 2.75) is 0 Å². The Balaban J connectivity index is 0.00000505. The molecule has 0 amide bonds. The summed E-state index contributed by atoms with van der Waals surface area (Å²) < 4.78 is 2.27. The van der Waals surface area contributed by atoms with Gasteiger partial charge in [0, 0.05) is 66.4 Å². The molecule has 0 fully saturated rings. The second kappa shape index (κ2) is 18.1. The van der Waals surface area contributed by atoms with Gasteiger partial charge in [0.2, 0.25) is 0 Å². The molecule has 1 aliphatic heterocycles. The van der Waals surface area contributed by atoms with Crippen molar-refractivity contribution in [1.82, 2.24) is 9.55 Å². The second-order valence-corrected chi connectivity index (χ2v) is 21.3. The van der Waals surface area contributed by atoms with Crippen LogP contribution in [0.1, 0.15) is 0 Å². The van der Waals surface area contributed by atoms with E-state index < -0.39 is 8.07 Å². The van der Waals surface area contributed by atoms with E-state index in [1.807, 2.05) is 12.3 Å². The summed E-state index contributed by atoms with van der Waals surface area (Å²) in [6.07, 6.45) is 1.87. The number of fused-ring (bicyclic) bond motifs is 6. The van der Waals surface area contributed by atoms with Crippen LogP contribution in [0.5, 0.6) is 0 Å². The van der Waals surface area contributed by atoms with Crippen LogP contribution in [0, 0.1) is 18.8 Å². The van der Waals surface area contributed by atoms with Gasteiger partial charge >= 0.3 is 0 Å². The van der Waals surface area contributed by atoms with Gasteiger partial charge in [-0.25, -0.2) is 4.98 Å². The summed E-state index contributed by atoms with van der Waals surface area (Å²) in [5.74, 6) is 0.863. The van der Waals surface area contributed by atoms with Crippen LogP contribution in [0.4, 0.5) is 22.7 Å². The van der Waals surface area contributed by atoms with Crippen molar-refractivity contribution >= 4 is 84.1 Å². The second-order valence-electron chi connectivity index (χ2n) is 17.6. The summed E-state index contributed by atoms with van der Waals surface area (Å²) in [6, 6.07) is 98.1. The molecule has 0 radical (unpaired) electrons. The van der Waals surface area contributed by atoms with Gasteiger partial charge in [-0.2, -0.15) is 52.8 Å². The number of aromatic nitrogens is 2. The molecule has 0 atom stereocenters. The molecule has 2 aromatic heterocycles. The quantitative estimate of drug-likeness (QED) is 0.0818. The predicted octanol–water partition coefficient (Wildman–Crippen LogP) is 13.1. The Kier molecular flexibility index (Phi) is 11.2. The molecule has 0 aliphatic carbocycles. The van der Waals surface area contributed by atoms with E-state index in [4.69, 9.17) is 4.98 Å². The number of pyridine rings is 1. The summed E-state index contributed by atoms with van der Waals surface area (Å²) >= 11 is 0. The average Bonchev–Trinajstić information content (AvgIpc) is 3.99. The number of hydrogen-bond donors (Lipinski definition) is 0. The van der Waals surface area contributed by atoms with Gasteiger partial charge in [0.1, 0.15) is 13.9 Å². The van der Waals surface area contributed by atoms with Gasteiger partial charge in [0.15, 0.2) is 0 Å². The molecule has 0 spiro atoms. The van der Waals surface area contributed by atoms with Gasteiger partial charge in [-0.1, -0.05) is 200 Å². The van der Waals surface area contributed by atoms with Crippen LogP contribution in [0.25, 0.3) is 60.6 Å². The fraction of sp³-hybridized carbons (Fsp3) is 0. The summed E-state index contributed by atoms with van der Waals surface area (Å²) in [5, 5.41) is 9.46. The van der Waals surface area contributed by atoms with E-state index in [0.29, 0.717) is 0 Å². The Morgan fingerprint density at radius 2 is 1.00 bits per heavy atom. The van der Waals surface area contributed by atoms with Crippen molar-refractivity contribution in [1.29, 1.82) is 0 Å². The zero-order valence-electron chi connectivity index (χ0n) is 37.9. The molecule has 4 nitrogen and oxygen atoms in total. The molecule has 0 saturated carbocycles. The molecule has 10 aromatic carbocycles. The van der Waals surface area contributed by atoms with Gasteiger partial charge < -0.3 is 14.4 Å². The normalized spacial score (nSPS) is 12.3. The van der Waals surface area contributed by atoms with Crippen molar-refractivity contribution < 1.29 is 21.1 Å². The SMILES string of the molecule is [Pt].[c-]1c(N2[CH-]N(c3c(-c4ccccc4)cccc3-c3ccccc3)c3c2ccc2ccccc32)cccc1[Si](c1[c-]c2c(cc1)c1ccccc1n2-c1ccccn1)(c1ccccc1)c1ccccc1. The number of hydrogen-bond acceptors (Lipinski definition) is 3. The topological polar surface area (TPSA) is 24.3 Å². The van der Waals surface area contributed by atoms with E-state index in [0.717, 1.165) is 77.6 Å². The Morgan fingerprint density at radius 1 is 0.414 bits per heavy atom. The molecule has 0 saturated heterocycles. The maximum Gasteiger partial charge on any atom is 0.135 e. The third-order valence-corrected chi connectivity index (χ3v) is 18.4. The zero-order chi connectivity index (χ0) is 45.7. The molecule has 0 bridgehead atoms. The Morgan fingerprint density at radius 3 is 1.67 bits per heavy atom. The van der Waals surface area contributed by atoms with Gasteiger partial charge in [0.05, 0.1) is 0 Å². The summed E-state index contributed by atoms with van der Waals surface area (Å²) in [7, 11) is -3.19. The van der Waals surface area contributed by atoms with Crippen molar-refractivity contribution in [3.63, 3.8) is 0 Å². The number of para-hydroxylation sites is 2. The number of benzene rings is 10. The van der Waals surface area contributed by atoms with Crippen molar-refractivity contribution in [2.75, 3.05) is 9.80 Å². The van der Waals surface area contributed by atoms with E-state index in [1.54, 1.807) is 0 Å². The number of anilines is 4. The molecular weight excluding hydrogens is 1050 g/mol. The molecule has 6 heteroatoms. The smallest absolute Gasteiger partial charge is 0.135 e. The first-order valence-electron chi connectivity index (χ1n) is 23.5. The van der Waals surface area contributed by atoms with Crippen molar-refractivity contribution in [2.24, 2.45) is 0 Å². The van der Waals surface area contributed by atoms with Gasteiger partial charge in [0.25, 0.3) is 0 Å². The van der Waals surface area contributed by atoms with Crippen LogP contribution in [0.2, 0.25) is 0 Å². The van der Waals surface area contributed by atoms with E-state index in [2.05, 4.69) is 276 Å². The molecule has 336 valence electrons. The predicted molar refractivity (Wildman–Crippen MR) is 290 cm³/mol. The van der Waals surface area contributed by atoms with Crippen molar-refractivity contribution in [3.8, 4) is 28.1 Å². The molecule has 13 rings (SSSR count). The van der Waals surface area contributed by atoms with Crippen LogP contribution in [-0.2, 0) is 21.1 Å². The van der Waals surface area contributed by atoms with E-state index >= 15 is 0 Å². The Labute approximate surface area is 423 Å². The third-order valence-electron chi connectivity index (χ3n) is 13.8.